The lowest BCUT2D eigenvalue weighted by Gasteiger charge is -2.30. The van der Waals surface area contributed by atoms with Gasteiger partial charge in [0.25, 0.3) is 0 Å². The number of hydrogen-bond donors (Lipinski definition) is 1. The molecule has 1 aliphatic heterocycles. The first-order chi connectivity index (χ1) is 11.1. The third-order valence-corrected chi connectivity index (χ3v) is 4.02. The molecule has 2 rings (SSSR count). The fraction of sp³-hybridized carbons (Fsp3) is 0.588. The Bertz CT molecular complexity index is 510. The average Bonchev–Trinajstić information content (AvgIpc) is 2.55. The van der Waals surface area contributed by atoms with Gasteiger partial charge in [-0.25, -0.2) is 0 Å². The van der Waals surface area contributed by atoms with E-state index in [1.54, 1.807) is 19.1 Å². The minimum absolute atomic E-state index is 0.0556. The third-order valence-electron chi connectivity index (χ3n) is 4.02. The van der Waals surface area contributed by atoms with Crippen molar-refractivity contribution >= 4 is 5.91 Å². The molecule has 1 fully saturated rings. The van der Waals surface area contributed by atoms with Crippen molar-refractivity contribution in [1.29, 1.82) is 0 Å². The van der Waals surface area contributed by atoms with E-state index in [-0.39, 0.29) is 12.0 Å². The first-order valence-electron chi connectivity index (χ1n) is 7.97. The van der Waals surface area contributed by atoms with Gasteiger partial charge < -0.3 is 24.6 Å². The Morgan fingerprint density at radius 1 is 1.48 bits per heavy atom. The number of hydrogen-bond acceptors (Lipinski definition) is 5. The van der Waals surface area contributed by atoms with E-state index in [0.29, 0.717) is 19.6 Å². The second-order valence-corrected chi connectivity index (χ2v) is 5.95. The Morgan fingerprint density at radius 2 is 2.26 bits per heavy atom. The third kappa shape index (κ3) is 5.49. The maximum Gasteiger partial charge on any atom is 0.236 e. The molecular weight excluding hydrogens is 294 g/mol. The molecule has 128 valence electrons. The highest BCUT2D eigenvalue weighted by Gasteiger charge is 2.18. The molecule has 1 aliphatic rings. The molecule has 6 heteroatoms. The molecule has 0 aromatic heterocycles. The number of nitrogens with zero attached hydrogens (tertiary/aromatic N) is 2. The first-order valence-corrected chi connectivity index (χ1v) is 7.97. The molecule has 0 radical (unpaired) electrons. The van der Waals surface area contributed by atoms with Crippen molar-refractivity contribution in [3.8, 4) is 5.75 Å². The highest BCUT2D eigenvalue weighted by atomic mass is 16.5. The van der Waals surface area contributed by atoms with E-state index in [0.717, 1.165) is 31.0 Å². The summed E-state index contributed by atoms with van der Waals surface area (Å²) in [6, 6.07) is 7.75. The van der Waals surface area contributed by atoms with Crippen LogP contribution in [0.5, 0.6) is 5.75 Å². The van der Waals surface area contributed by atoms with Gasteiger partial charge in [-0.2, -0.15) is 0 Å². The van der Waals surface area contributed by atoms with E-state index in [1.165, 1.54) is 0 Å². The van der Waals surface area contributed by atoms with Crippen LogP contribution in [0.15, 0.2) is 24.3 Å². The Labute approximate surface area is 138 Å². The zero-order chi connectivity index (χ0) is 16.7. The molecule has 0 aliphatic carbocycles. The lowest BCUT2D eigenvalue weighted by molar-refractivity contribution is -0.129. The lowest BCUT2D eigenvalue weighted by atomic mass is 10.2. The van der Waals surface area contributed by atoms with Gasteiger partial charge in [0, 0.05) is 38.8 Å². The maximum atomic E-state index is 12.2. The highest BCUT2D eigenvalue weighted by molar-refractivity contribution is 5.78. The van der Waals surface area contributed by atoms with Gasteiger partial charge in [-0.15, -0.1) is 0 Å². The molecule has 0 saturated carbocycles. The summed E-state index contributed by atoms with van der Waals surface area (Å²) in [5, 5.41) is 3.20. The van der Waals surface area contributed by atoms with Crippen LogP contribution in [0.2, 0.25) is 0 Å². The van der Waals surface area contributed by atoms with Crippen molar-refractivity contribution in [2.75, 3.05) is 54.0 Å². The van der Waals surface area contributed by atoms with E-state index in [4.69, 9.17) is 9.47 Å². The van der Waals surface area contributed by atoms with Crippen molar-refractivity contribution < 1.29 is 14.3 Å². The Hall–Kier alpha value is -1.63. The summed E-state index contributed by atoms with van der Waals surface area (Å²) in [4.78, 5) is 16.2. The van der Waals surface area contributed by atoms with Crippen LogP contribution >= 0.6 is 0 Å². The van der Waals surface area contributed by atoms with E-state index in [9.17, 15) is 4.79 Å². The van der Waals surface area contributed by atoms with Crippen LogP contribution in [0.3, 0.4) is 0 Å². The van der Waals surface area contributed by atoms with Gasteiger partial charge in [-0.05, 0) is 13.1 Å². The van der Waals surface area contributed by atoms with Crippen molar-refractivity contribution in [3.05, 3.63) is 29.8 Å². The van der Waals surface area contributed by atoms with Crippen molar-refractivity contribution in [2.45, 2.75) is 12.6 Å². The van der Waals surface area contributed by atoms with Crippen molar-refractivity contribution in [1.82, 2.24) is 15.1 Å². The molecule has 6 nitrogen and oxygen atoms in total. The number of carbonyl (C=O) groups excluding carboxylic acids is 1. The summed E-state index contributed by atoms with van der Waals surface area (Å²) >= 11 is 0. The van der Waals surface area contributed by atoms with Gasteiger partial charge in [-0.3, -0.25) is 4.79 Å². The number of likely N-dealkylation sites (N-methyl/N-ethyl adjacent to an activating group) is 2. The summed E-state index contributed by atoms with van der Waals surface area (Å²) in [5.74, 6) is 0.860. The standard InChI is InChI=1S/C17H27N3O3/c1-19-8-9-23-15(13-19)10-18-11-17(21)20(2)12-14-6-4-5-7-16(14)22-3/h4-7,15,18H,8-13H2,1-3H3. The van der Waals surface area contributed by atoms with Crippen LogP contribution in [-0.4, -0.2) is 75.8 Å². The second kappa shape index (κ2) is 8.86. The summed E-state index contributed by atoms with van der Waals surface area (Å²) in [5.41, 5.74) is 1.00. The molecule has 1 saturated heterocycles. The van der Waals surface area contributed by atoms with Crippen molar-refractivity contribution in [3.63, 3.8) is 0 Å². The zero-order valence-electron chi connectivity index (χ0n) is 14.2. The fourth-order valence-electron chi connectivity index (χ4n) is 2.64. The van der Waals surface area contributed by atoms with Crippen LogP contribution in [-0.2, 0) is 16.1 Å². The largest absolute Gasteiger partial charge is 0.496 e. The monoisotopic (exact) mass is 321 g/mol. The number of amides is 1. The molecule has 0 bridgehead atoms. The summed E-state index contributed by atoms with van der Waals surface area (Å²) in [6.07, 6.45) is 0.154. The maximum absolute atomic E-state index is 12.2. The summed E-state index contributed by atoms with van der Waals surface area (Å²) in [6.45, 7) is 4.17. The number of para-hydroxylation sites is 1. The van der Waals surface area contributed by atoms with Crippen LogP contribution in [0, 0.1) is 0 Å². The first kappa shape index (κ1) is 17.7. The Morgan fingerprint density at radius 3 is 3.00 bits per heavy atom. The summed E-state index contributed by atoms with van der Waals surface area (Å²) < 4.78 is 11.0. The minimum atomic E-state index is 0.0556. The van der Waals surface area contributed by atoms with Gasteiger partial charge in [0.15, 0.2) is 0 Å². The number of morpholine rings is 1. The van der Waals surface area contributed by atoms with Gasteiger partial charge in [0.2, 0.25) is 5.91 Å². The predicted molar refractivity (Wildman–Crippen MR) is 89.6 cm³/mol. The number of methoxy groups -OCH3 is 1. The molecule has 1 N–H and O–H groups in total. The lowest BCUT2D eigenvalue weighted by Crippen LogP contribution is -2.46. The van der Waals surface area contributed by atoms with Crippen LogP contribution in [0.4, 0.5) is 0 Å². The number of nitrogens with one attached hydrogen (secondary N) is 1. The Balaban J connectivity index is 1.74. The number of ether oxygens (including phenoxy) is 2. The van der Waals surface area contributed by atoms with Gasteiger partial charge in [0.1, 0.15) is 5.75 Å². The number of carbonyl (C=O) groups is 1. The number of rotatable bonds is 7. The zero-order valence-corrected chi connectivity index (χ0v) is 14.2. The van der Waals surface area contributed by atoms with Crippen LogP contribution < -0.4 is 10.1 Å². The smallest absolute Gasteiger partial charge is 0.236 e. The second-order valence-electron chi connectivity index (χ2n) is 5.95. The number of benzene rings is 1. The molecule has 1 aromatic rings. The van der Waals surface area contributed by atoms with Crippen molar-refractivity contribution in [2.24, 2.45) is 0 Å². The molecule has 1 atom stereocenters. The van der Waals surface area contributed by atoms with Gasteiger partial charge in [0.05, 0.1) is 26.4 Å². The van der Waals surface area contributed by atoms with Crippen LogP contribution in [0.25, 0.3) is 0 Å². The van der Waals surface area contributed by atoms with E-state index in [2.05, 4.69) is 17.3 Å². The normalized spacial score (nSPS) is 18.7. The molecule has 1 aromatic carbocycles. The van der Waals surface area contributed by atoms with E-state index in [1.807, 2.05) is 24.3 Å². The average molecular weight is 321 g/mol. The quantitative estimate of drug-likeness (QED) is 0.796. The molecule has 23 heavy (non-hydrogen) atoms. The molecule has 1 amide bonds. The highest BCUT2D eigenvalue weighted by Crippen LogP contribution is 2.18. The van der Waals surface area contributed by atoms with Gasteiger partial charge in [-0.1, -0.05) is 18.2 Å². The van der Waals surface area contributed by atoms with Crippen LogP contribution in [0.1, 0.15) is 5.56 Å². The van der Waals surface area contributed by atoms with Gasteiger partial charge >= 0.3 is 0 Å². The molecule has 0 spiro atoms. The molecule has 1 heterocycles. The summed E-state index contributed by atoms with van der Waals surface area (Å²) in [7, 11) is 5.53. The van der Waals surface area contributed by atoms with E-state index < -0.39 is 0 Å². The predicted octanol–water partition coefficient (Wildman–Crippen LogP) is 0.574. The topological polar surface area (TPSA) is 54.0 Å². The fourth-order valence-corrected chi connectivity index (χ4v) is 2.64. The molecular formula is C17H27N3O3. The molecule has 1 unspecified atom stereocenters. The SMILES string of the molecule is COc1ccccc1CN(C)C(=O)CNCC1CN(C)CCO1. The Kier molecular flexibility index (Phi) is 6.83. The minimum Gasteiger partial charge on any atom is -0.496 e. The van der Waals surface area contributed by atoms with E-state index >= 15 is 0 Å².